The quantitative estimate of drug-likeness (QED) is 0.905. The summed E-state index contributed by atoms with van der Waals surface area (Å²) in [5.74, 6) is 0.456. The molecule has 1 aromatic carbocycles. The first kappa shape index (κ1) is 17.1. The van der Waals surface area contributed by atoms with E-state index in [-0.39, 0.29) is 17.9 Å². The maximum atomic E-state index is 12.6. The molecule has 0 saturated carbocycles. The van der Waals surface area contributed by atoms with Gasteiger partial charge in [0.15, 0.2) is 0 Å². The lowest BCUT2D eigenvalue weighted by molar-refractivity contribution is -0.132. The number of aromatic nitrogens is 2. The van der Waals surface area contributed by atoms with Gasteiger partial charge in [0.05, 0.1) is 18.1 Å². The van der Waals surface area contributed by atoms with Crippen LogP contribution in [0.3, 0.4) is 0 Å². The number of para-hydroxylation sites is 2. The molecule has 1 fully saturated rings. The fourth-order valence-corrected chi connectivity index (χ4v) is 2.99. The first-order valence-corrected chi connectivity index (χ1v) is 8.44. The van der Waals surface area contributed by atoms with Crippen molar-refractivity contribution in [2.24, 2.45) is 0 Å². The van der Waals surface area contributed by atoms with Crippen molar-refractivity contribution in [3.63, 3.8) is 0 Å². The number of benzene rings is 1. The molecule has 1 aromatic heterocycles. The van der Waals surface area contributed by atoms with Gasteiger partial charge in [-0.2, -0.15) is 0 Å². The minimum atomic E-state index is -0.0106. The van der Waals surface area contributed by atoms with Gasteiger partial charge in [-0.1, -0.05) is 12.1 Å². The van der Waals surface area contributed by atoms with Crippen LogP contribution in [0.1, 0.15) is 25.5 Å². The summed E-state index contributed by atoms with van der Waals surface area (Å²) in [5.41, 5.74) is 2.22. The summed E-state index contributed by atoms with van der Waals surface area (Å²) >= 11 is 0. The Balaban J connectivity index is 1.73. The topological polar surface area (TPSA) is 84.4 Å². The van der Waals surface area contributed by atoms with Crippen LogP contribution in [0.15, 0.2) is 24.3 Å². The first-order chi connectivity index (χ1) is 12.1. The largest absolute Gasteiger partial charge is 0.480 e. The summed E-state index contributed by atoms with van der Waals surface area (Å²) in [6.45, 7) is 2.88. The zero-order chi connectivity index (χ0) is 17.8. The van der Waals surface area contributed by atoms with E-state index in [0.29, 0.717) is 43.9 Å². The van der Waals surface area contributed by atoms with Gasteiger partial charge in [-0.25, -0.2) is 9.97 Å². The number of hydrogen-bond acceptors (Lipinski definition) is 5. The van der Waals surface area contributed by atoms with E-state index in [1.165, 1.54) is 0 Å². The first-order valence-electron chi connectivity index (χ1n) is 8.44. The Labute approximate surface area is 146 Å². The number of amides is 2. The van der Waals surface area contributed by atoms with Crippen molar-refractivity contribution in [3.05, 3.63) is 30.0 Å². The van der Waals surface area contributed by atoms with Crippen molar-refractivity contribution < 1.29 is 14.3 Å². The van der Waals surface area contributed by atoms with Gasteiger partial charge in [0.1, 0.15) is 5.69 Å². The number of carbonyl (C=O) groups is 2. The number of nitrogens with zero attached hydrogens (tertiary/aromatic N) is 3. The summed E-state index contributed by atoms with van der Waals surface area (Å²) < 4.78 is 5.33. The van der Waals surface area contributed by atoms with Crippen LogP contribution in [-0.4, -0.2) is 52.9 Å². The third-order valence-corrected chi connectivity index (χ3v) is 4.40. The van der Waals surface area contributed by atoms with Crippen LogP contribution in [0.2, 0.25) is 0 Å². The van der Waals surface area contributed by atoms with Crippen molar-refractivity contribution in [2.45, 2.75) is 32.2 Å². The van der Waals surface area contributed by atoms with Crippen molar-refractivity contribution >= 4 is 22.8 Å². The van der Waals surface area contributed by atoms with Gasteiger partial charge in [-0.3, -0.25) is 9.59 Å². The summed E-state index contributed by atoms with van der Waals surface area (Å²) in [7, 11) is 1.55. The highest BCUT2D eigenvalue weighted by molar-refractivity contribution is 5.81. The van der Waals surface area contributed by atoms with Crippen LogP contribution in [0.5, 0.6) is 5.88 Å². The zero-order valence-electron chi connectivity index (χ0n) is 14.5. The fraction of sp³-hybridized carbons (Fsp3) is 0.444. The van der Waals surface area contributed by atoms with Crippen LogP contribution in [-0.2, 0) is 16.0 Å². The summed E-state index contributed by atoms with van der Waals surface area (Å²) in [6.07, 6.45) is 1.10. The molecule has 2 aromatic rings. The van der Waals surface area contributed by atoms with E-state index < -0.39 is 0 Å². The van der Waals surface area contributed by atoms with Crippen molar-refractivity contribution in [2.75, 3.05) is 20.2 Å². The van der Waals surface area contributed by atoms with Gasteiger partial charge in [0.2, 0.25) is 17.7 Å². The van der Waals surface area contributed by atoms with E-state index in [1.54, 1.807) is 12.0 Å². The maximum absolute atomic E-state index is 12.6. The predicted octanol–water partition coefficient (Wildman–Crippen LogP) is 1.31. The number of ether oxygens (including phenoxy) is 1. The van der Waals surface area contributed by atoms with Gasteiger partial charge in [0, 0.05) is 38.4 Å². The molecule has 1 saturated heterocycles. The number of fused-ring (bicyclic) bond motifs is 1. The lowest BCUT2D eigenvalue weighted by Gasteiger charge is -2.26. The number of aryl methyl sites for hydroxylation is 1. The molecule has 7 heteroatoms. The lowest BCUT2D eigenvalue weighted by Crippen LogP contribution is -2.41. The molecule has 7 nitrogen and oxygen atoms in total. The van der Waals surface area contributed by atoms with E-state index in [4.69, 9.17) is 4.74 Å². The number of carbonyl (C=O) groups excluding carboxylic acids is 2. The van der Waals surface area contributed by atoms with Crippen molar-refractivity contribution in [1.82, 2.24) is 20.2 Å². The van der Waals surface area contributed by atoms with E-state index in [9.17, 15) is 9.59 Å². The molecule has 1 aliphatic heterocycles. The lowest BCUT2D eigenvalue weighted by atomic mass is 10.1. The second-order valence-electron chi connectivity index (χ2n) is 6.16. The Morgan fingerprint density at radius 2 is 2.04 bits per heavy atom. The van der Waals surface area contributed by atoms with Gasteiger partial charge in [-0.05, 0) is 19.1 Å². The minimum Gasteiger partial charge on any atom is -0.480 e. The van der Waals surface area contributed by atoms with Crippen LogP contribution in [0.4, 0.5) is 0 Å². The molecule has 2 amide bonds. The molecule has 1 atom stereocenters. The van der Waals surface area contributed by atoms with Crippen molar-refractivity contribution in [3.8, 4) is 5.88 Å². The monoisotopic (exact) mass is 342 g/mol. The van der Waals surface area contributed by atoms with Gasteiger partial charge >= 0.3 is 0 Å². The second-order valence-corrected chi connectivity index (χ2v) is 6.16. The maximum Gasteiger partial charge on any atom is 0.235 e. The SMILES string of the molecule is COc1nc2ccccc2nc1CCC(=O)N1CCC(=O)NC[C@H]1C. The molecular formula is C18H22N4O3. The Morgan fingerprint density at radius 1 is 1.32 bits per heavy atom. The van der Waals surface area contributed by atoms with Gasteiger partial charge < -0.3 is 15.0 Å². The predicted molar refractivity (Wildman–Crippen MR) is 93.2 cm³/mol. The Kier molecular flexibility index (Phi) is 5.11. The molecule has 0 radical (unpaired) electrons. The molecular weight excluding hydrogens is 320 g/mol. The normalized spacial score (nSPS) is 17.9. The van der Waals surface area contributed by atoms with E-state index in [2.05, 4.69) is 15.3 Å². The van der Waals surface area contributed by atoms with Gasteiger partial charge in [0.25, 0.3) is 0 Å². The summed E-state index contributed by atoms with van der Waals surface area (Å²) in [4.78, 5) is 34.9. The highest BCUT2D eigenvalue weighted by Crippen LogP contribution is 2.20. The number of methoxy groups -OCH3 is 1. The summed E-state index contributed by atoms with van der Waals surface area (Å²) in [5, 5.41) is 2.82. The third-order valence-electron chi connectivity index (χ3n) is 4.40. The standard InChI is InChI=1S/C18H22N4O3/c1-12-11-19-16(23)9-10-22(12)17(24)8-7-15-18(25-2)21-14-6-4-3-5-13(14)20-15/h3-6,12H,7-11H2,1-2H3,(H,19,23)/t12-/m1/s1. The van der Waals surface area contributed by atoms with Gasteiger partial charge in [-0.15, -0.1) is 0 Å². The molecule has 3 rings (SSSR count). The van der Waals surface area contributed by atoms with E-state index >= 15 is 0 Å². The smallest absolute Gasteiger partial charge is 0.235 e. The highest BCUT2D eigenvalue weighted by atomic mass is 16.5. The Hall–Kier alpha value is -2.70. The Bertz CT molecular complexity index is 793. The highest BCUT2D eigenvalue weighted by Gasteiger charge is 2.24. The molecule has 0 unspecified atom stereocenters. The van der Waals surface area contributed by atoms with Crippen LogP contribution >= 0.6 is 0 Å². The average molecular weight is 342 g/mol. The number of hydrogen-bond donors (Lipinski definition) is 1. The molecule has 0 spiro atoms. The van der Waals surface area contributed by atoms with Crippen molar-refractivity contribution in [1.29, 1.82) is 0 Å². The Morgan fingerprint density at radius 3 is 2.76 bits per heavy atom. The van der Waals surface area contributed by atoms with Crippen LogP contribution in [0.25, 0.3) is 11.0 Å². The third kappa shape index (κ3) is 3.87. The van der Waals surface area contributed by atoms with E-state index in [1.807, 2.05) is 31.2 Å². The van der Waals surface area contributed by atoms with Crippen LogP contribution < -0.4 is 10.1 Å². The summed E-state index contributed by atoms with van der Waals surface area (Å²) in [6, 6.07) is 7.56. The molecule has 1 N–H and O–H groups in total. The fourth-order valence-electron chi connectivity index (χ4n) is 2.99. The minimum absolute atomic E-state index is 0.00999. The second kappa shape index (κ2) is 7.46. The van der Waals surface area contributed by atoms with E-state index in [0.717, 1.165) is 11.0 Å². The number of nitrogens with one attached hydrogen (secondary N) is 1. The van der Waals surface area contributed by atoms with Crippen LogP contribution in [0, 0.1) is 0 Å². The zero-order valence-corrected chi connectivity index (χ0v) is 14.5. The molecule has 0 aliphatic carbocycles. The number of rotatable bonds is 4. The molecule has 25 heavy (non-hydrogen) atoms. The molecule has 0 bridgehead atoms. The average Bonchev–Trinajstić information content (AvgIpc) is 2.80. The molecule has 132 valence electrons. The molecule has 1 aliphatic rings. The molecule has 2 heterocycles.